The van der Waals surface area contributed by atoms with Crippen LogP contribution in [-0.2, 0) is 10.8 Å². The van der Waals surface area contributed by atoms with Crippen LogP contribution in [0.4, 0.5) is 17.1 Å². The molecule has 0 unspecified atom stereocenters. The lowest BCUT2D eigenvalue weighted by Crippen LogP contribution is -2.28. The molecule has 2 heteroatoms. The topological polar surface area (TPSA) is 16.4 Å². The minimum absolute atomic E-state index is 0.222. The Morgan fingerprint density at radius 2 is 0.971 bits per heavy atom. The van der Waals surface area contributed by atoms with E-state index in [0.29, 0.717) is 11.4 Å². The van der Waals surface area contributed by atoms with Crippen molar-refractivity contribution >= 4 is 49.8 Å². The molecule has 0 radical (unpaired) electrons. The van der Waals surface area contributed by atoms with Gasteiger partial charge in [-0.25, -0.2) is 0 Å². The van der Waals surface area contributed by atoms with Crippen LogP contribution in [0, 0.1) is 0 Å². The fourth-order valence-electron chi connectivity index (χ4n) is 11.2. The molecule has 11 aromatic carbocycles. The number of nitrogens with zero attached hydrogens (tertiary/aromatic N) is 1. The van der Waals surface area contributed by atoms with Crippen LogP contribution in [0.5, 0.6) is 0 Å². The van der Waals surface area contributed by atoms with Crippen molar-refractivity contribution in [3.05, 3.63) is 282 Å². The summed E-state index contributed by atoms with van der Waals surface area (Å²) >= 11 is 0. The van der Waals surface area contributed by atoms with Gasteiger partial charge in [0, 0.05) is 44.4 Å². The predicted molar refractivity (Wildman–Crippen MR) is 292 cm³/mol. The summed E-state index contributed by atoms with van der Waals surface area (Å²) in [6, 6.07) is 35.8. The molecule has 0 fully saturated rings. The SMILES string of the molecule is [2H]c1c([2H])c(N(c2ccc3c(c2)C(C)(C)c2ccccc2-3)c2ccc3c(c2)C(c2ccccc2)(c2ccccc2)c2ccccc2-3)c([2H])c([2H])c1-c1c([2H])c([2H])c2c([2H])c([2H])c([2H])c([2H])c2c1-c1c([2H])c([2H])c([2H])c2c1oc1c([2H])c([2H])c([2H])c([2H])c12. The summed E-state index contributed by atoms with van der Waals surface area (Å²) in [6.07, 6.45) is 0. The van der Waals surface area contributed by atoms with Crippen molar-refractivity contribution in [1.82, 2.24) is 0 Å². The van der Waals surface area contributed by atoms with Crippen LogP contribution in [0.15, 0.2) is 253 Å². The van der Waals surface area contributed by atoms with Gasteiger partial charge in [-0.1, -0.05) is 220 Å². The number of hydrogen-bond acceptors (Lipinski definition) is 2. The number of rotatable bonds is 7. The molecule has 0 amide bonds. The lowest BCUT2D eigenvalue weighted by molar-refractivity contribution is 0.660. The third-order valence-electron chi connectivity index (χ3n) is 14.3. The normalized spacial score (nSPS) is 17.2. The summed E-state index contributed by atoms with van der Waals surface area (Å²) < 4.78 is 166. The van der Waals surface area contributed by atoms with Crippen molar-refractivity contribution in [3.63, 3.8) is 0 Å². The first-order chi connectivity index (χ1) is 41.6. The minimum atomic E-state index is -0.910. The highest BCUT2D eigenvalue weighted by Gasteiger charge is 2.46. The number of anilines is 3. The van der Waals surface area contributed by atoms with Gasteiger partial charge in [-0.2, -0.15) is 0 Å². The summed E-state index contributed by atoms with van der Waals surface area (Å²) in [4.78, 5) is 1.69. The Morgan fingerprint density at radius 1 is 0.400 bits per heavy atom. The quantitative estimate of drug-likeness (QED) is 0.158. The fourth-order valence-corrected chi connectivity index (χ4v) is 11.2. The van der Waals surface area contributed by atoms with Crippen LogP contribution in [0.1, 0.15) is 70.5 Å². The van der Waals surface area contributed by atoms with Gasteiger partial charge >= 0.3 is 0 Å². The highest BCUT2D eigenvalue weighted by atomic mass is 16.3. The van der Waals surface area contributed by atoms with Gasteiger partial charge in [0.15, 0.2) is 0 Å². The van der Waals surface area contributed by atoms with E-state index in [2.05, 4.69) is 62.4 Å². The number of hydrogen-bond donors (Lipinski definition) is 0. The second-order valence-corrected chi connectivity index (χ2v) is 18.2. The lowest BCUT2D eigenvalue weighted by Gasteiger charge is -2.35. The lowest BCUT2D eigenvalue weighted by atomic mass is 9.67. The van der Waals surface area contributed by atoms with E-state index in [1.54, 1.807) is 4.90 Å². The fraction of sp³-hybridized carbons (Fsp3) is 0.0588. The standard InChI is InChI=1S/C68H47NO/c1-67(2)60-29-14-11-24-53(60)55-40-37-49(42-62(55)67)69(50-38-41-56-54-25-12-15-30-61(54)68(63(56)43-50,46-19-5-3-6-20-46)47-21-7-4-8-22-47)48-35-32-45(33-36-48)52-39-34-44-18-9-10-23-51(44)65(52)59-28-17-27-58-57-26-13-16-31-64(57)70-66(58)59/h3-43H,1-2H3/i9D,10D,13D,16D,17D,18D,23D,26D,27D,28D,31D,32D,33D,34D,35D,36D,39D. The Hall–Kier alpha value is -8.72. The zero-order chi connectivity index (χ0) is 61.3. The molecule has 1 heterocycles. The van der Waals surface area contributed by atoms with Gasteiger partial charge in [-0.15, -0.1) is 0 Å². The van der Waals surface area contributed by atoms with E-state index in [-0.39, 0.29) is 16.5 Å². The largest absolute Gasteiger partial charge is 0.455 e. The van der Waals surface area contributed by atoms with Crippen molar-refractivity contribution in [2.45, 2.75) is 24.7 Å². The van der Waals surface area contributed by atoms with Gasteiger partial charge in [0.05, 0.1) is 28.7 Å². The van der Waals surface area contributed by atoms with E-state index >= 15 is 0 Å². The van der Waals surface area contributed by atoms with Crippen LogP contribution in [0.2, 0.25) is 0 Å². The summed E-state index contributed by atoms with van der Waals surface area (Å²) in [5.74, 6) is 0. The van der Waals surface area contributed by atoms with E-state index in [0.717, 1.165) is 55.6 Å². The van der Waals surface area contributed by atoms with Crippen molar-refractivity contribution in [2.75, 3.05) is 4.90 Å². The highest BCUT2D eigenvalue weighted by Crippen LogP contribution is 2.58. The summed E-state index contributed by atoms with van der Waals surface area (Å²) in [5, 5.41) is -1.76. The molecule has 330 valence electrons. The Labute approximate surface area is 432 Å². The van der Waals surface area contributed by atoms with Gasteiger partial charge in [0.1, 0.15) is 11.2 Å². The van der Waals surface area contributed by atoms with E-state index in [4.69, 9.17) is 15.4 Å². The Kier molecular flexibility index (Phi) is 5.88. The third-order valence-corrected chi connectivity index (χ3v) is 14.3. The molecular weight excluding hydrogens is 847 g/mol. The van der Waals surface area contributed by atoms with Gasteiger partial charge < -0.3 is 9.32 Å². The molecule has 2 aliphatic rings. The maximum absolute atomic E-state index is 10.3. The molecule has 0 aliphatic heterocycles. The molecule has 70 heavy (non-hydrogen) atoms. The molecule has 2 aliphatic carbocycles. The van der Waals surface area contributed by atoms with E-state index < -0.39 is 158 Å². The molecule has 1 aromatic heterocycles. The first-order valence-electron chi connectivity index (χ1n) is 31.5. The first-order valence-corrected chi connectivity index (χ1v) is 23.0. The first kappa shape index (κ1) is 26.7. The van der Waals surface area contributed by atoms with Gasteiger partial charge in [-0.3, -0.25) is 0 Å². The average molecular weight is 911 g/mol. The zero-order valence-electron chi connectivity index (χ0n) is 54.7. The van der Waals surface area contributed by atoms with Crippen LogP contribution in [0.3, 0.4) is 0 Å². The second kappa shape index (κ2) is 15.4. The maximum atomic E-state index is 10.3. The van der Waals surface area contributed by atoms with Gasteiger partial charge in [0.2, 0.25) is 0 Å². The molecular formula is C68H47NO. The Balaban J connectivity index is 1.10. The Bertz CT molecular complexity index is 4990. The van der Waals surface area contributed by atoms with Gasteiger partial charge in [-0.05, 0) is 120 Å². The number of para-hydroxylation sites is 2. The maximum Gasteiger partial charge on any atom is 0.143 e. The van der Waals surface area contributed by atoms with E-state index in [9.17, 15) is 12.3 Å². The van der Waals surface area contributed by atoms with E-state index in [1.165, 1.54) is 0 Å². The average Bonchev–Trinajstić information content (AvgIpc) is 1.74. The molecule has 14 rings (SSSR count). The van der Waals surface area contributed by atoms with Crippen LogP contribution >= 0.6 is 0 Å². The van der Waals surface area contributed by atoms with Crippen LogP contribution in [0.25, 0.3) is 77.2 Å². The second-order valence-electron chi connectivity index (χ2n) is 18.2. The zero-order valence-corrected chi connectivity index (χ0v) is 37.7. The monoisotopic (exact) mass is 910 g/mol. The third kappa shape index (κ3) is 5.80. The molecule has 0 N–H and O–H groups in total. The van der Waals surface area contributed by atoms with Crippen molar-refractivity contribution in [1.29, 1.82) is 0 Å². The molecule has 0 atom stereocenters. The van der Waals surface area contributed by atoms with Crippen LogP contribution < -0.4 is 4.90 Å². The molecule has 0 spiro atoms. The summed E-state index contributed by atoms with van der Waals surface area (Å²) in [5.41, 5.74) is 5.74. The van der Waals surface area contributed by atoms with Crippen molar-refractivity contribution < 1.29 is 27.7 Å². The number of furan rings is 1. The van der Waals surface area contributed by atoms with Crippen molar-refractivity contribution in [2.24, 2.45) is 0 Å². The summed E-state index contributed by atoms with van der Waals surface area (Å²) in [6.45, 7) is 4.24. The minimum Gasteiger partial charge on any atom is -0.455 e. The van der Waals surface area contributed by atoms with Gasteiger partial charge in [0.25, 0.3) is 0 Å². The van der Waals surface area contributed by atoms with E-state index in [1.807, 2.05) is 97.1 Å². The number of benzene rings is 11. The smallest absolute Gasteiger partial charge is 0.143 e. The Morgan fingerprint density at radius 3 is 1.70 bits per heavy atom. The highest BCUT2D eigenvalue weighted by molar-refractivity contribution is 6.14. The molecule has 2 nitrogen and oxygen atoms in total. The predicted octanol–water partition coefficient (Wildman–Crippen LogP) is 18.2. The van der Waals surface area contributed by atoms with Crippen molar-refractivity contribution in [3.8, 4) is 44.5 Å². The number of fused-ring (bicyclic) bond motifs is 10. The molecule has 0 saturated carbocycles. The summed E-state index contributed by atoms with van der Waals surface area (Å²) in [7, 11) is 0. The molecule has 0 saturated heterocycles. The molecule has 12 aromatic rings. The van der Waals surface area contributed by atoms with Crippen LogP contribution in [-0.4, -0.2) is 0 Å². The molecule has 0 bridgehead atoms.